The number of rotatable bonds is 3. The van der Waals surface area contributed by atoms with E-state index in [4.69, 9.17) is 16.7 Å². The zero-order valence-electron chi connectivity index (χ0n) is 21.5. The van der Waals surface area contributed by atoms with Crippen LogP contribution in [0.15, 0.2) is 91.1 Å². The van der Waals surface area contributed by atoms with E-state index in [9.17, 15) is 4.79 Å². The van der Waals surface area contributed by atoms with Crippen LogP contribution in [0.5, 0.6) is 0 Å². The fourth-order valence-electron chi connectivity index (χ4n) is 5.25. The van der Waals surface area contributed by atoms with Crippen LogP contribution in [-0.2, 0) is 6.54 Å². The van der Waals surface area contributed by atoms with Gasteiger partial charge in [-0.1, -0.05) is 65.7 Å². The van der Waals surface area contributed by atoms with E-state index in [1.54, 1.807) is 0 Å². The van der Waals surface area contributed by atoms with Gasteiger partial charge in [0.25, 0.3) is 0 Å². The smallest absolute Gasteiger partial charge is 0.307 e. The van der Waals surface area contributed by atoms with Gasteiger partial charge in [0.2, 0.25) is 0 Å². The van der Waals surface area contributed by atoms with Crippen LogP contribution in [-0.4, -0.2) is 25.3 Å². The summed E-state index contributed by atoms with van der Waals surface area (Å²) in [6.07, 6.45) is 2.05. The number of hydrogen-bond donors (Lipinski definition) is 1. The van der Waals surface area contributed by atoms with Crippen LogP contribution in [0.25, 0.3) is 11.5 Å². The van der Waals surface area contributed by atoms with Gasteiger partial charge in [0.1, 0.15) is 5.82 Å². The summed E-state index contributed by atoms with van der Waals surface area (Å²) in [6.45, 7) is 6.43. The first-order chi connectivity index (χ1) is 18.4. The highest BCUT2D eigenvalue weighted by atomic mass is 35.5. The summed E-state index contributed by atoms with van der Waals surface area (Å²) in [5.41, 5.74) is 7.61. The summed E-state index contributed by atoms with van der Waals surface area (Å²) in [6, 6.07) is 27.6. The van der Waals surface area contributed by atoms with E-state index in [0.717, 1.165) is 45.1 Å². The van der Waals surface area contributed by atoms with Crippen molar-refractivity contribution in [1.82, 2.24) is 19.2 Å². The Hall–Kier alpha value is -4.29. The van der Waals surface area contributed by atoms with Crippen LogP contribution in [0, 0.1) is 20.8 Å². The van der Waals surface area contributed by atoms with Gasteiger partial charge in [0.05, 0.1) is 40.4 Å². The number of hydrogen-bond acceptors (Lipinski definition) is 2. The van der Waals surface area contributed by atoms with Crippen LogP contribution in [0.3, 0.4) is 0 Å². The number of carbonyl (C=O) groups excluding carboxylic acids is 1. The molecule has 0 aliphatic carbocycles. The van der Waals surface area contributed by atoms with Crippen molar-refractivity contribution in [2.24, 2.45) is 0 Å². The molecule has 0 unspecified atom stereocenters. The van der Waals surface area contributed by atoms with Gasteiger partial charge in [-0.25, -0.2) is 9.48 Å². The van der Waals surface area contributed by atoms with Crippen LogP contribution in [0.4, 0.5) is 10.5 Å². The molecule has 0 radical (unpaired) electrons. The fourth-order valence-corrected chi connectivity index (χ4v) is 5.53. The molecule has 0 fully saturated rings. The first kappa shape index (κ1) is 24.1. The number of halogens is 1. The second-order valence-corrected chi connectivity index (χ2v) is 10.2. The van der Waals surface area contributed by atoms with Crippen LogP contribution >= 0.6 is 11.6 Å². The molecule has 0 saturated heterocycles. The van der Waals surface area contributed by atoms with E-state index in [-0.39, 0.29) is 12.1 Å². The summed E-state index contributed by atoms with van der Waals surface area (Å²) >= 11 is 6.51. The van der Waals surface area contributed by atoms with Crippen molar-refractivity contribution in [3.63, 3.8) is 0 Å². The molecule has 1 aliphatic rings. The van der Waals surface area contributed by atoms with E-state index in [1.807, 2.05) is 84.1 Å². The number of nitrogens with zero attached hydrogens (tertiary/aromatic N) is 4. The van der Waals surface area contributed by atoms with Crippen LogP contribution < -0.4 is 5.32 Å². The van der Waals surface area contributed by atoms with Crippen molar-refractivity contribution in [1.29, 1.82) is 0 Å². The number of urea groups is 1. The number of benzene rings is 3. The predicted octanol–water partition coefficient (Wildman–Crippen LogP) is 7.38. The van der Waals surface area contributed by atoms with Gasteiger partial charge in [0, 0.05) is 11.8 Å². The monoisotopic (exact) mass is 521 g/mol. The van der Waals surface area contributed by atoms with Gasteiger partial charge in [-0.2, -0.15) is 5.10 Å². The summed E-state index contributed by atoms with van der Waals surface area (Å²) < 4.78 is 4.14. The van der Waals surface area contributed by atoms with Crippen molar-refractivity contribution in [3.8, 4) is 11.5 Å². The zero-order chi connectivity index (χ0) is 26.4. The molecule has 6 nitrogen and oxygen atoms in total. The van der Waals surface area contributed by atoms with Gasteiger partial charge in [0.15, 0.2) is 0 Å². The largest absolute Gasteiger partial charge is 0.323 e. The lowest BCUT2D eigenvalue weighted by atomic mass is 10.00. The number of carbonyl (C=O) groups is 1. The number of aryl methyl sites for hydroxylation is 3. The standard InChI is InChI=1S/C31H28ClN5O/c1-20-9-7-10-23(17-20)29-28-13-8-16-35(28)30-25(22(3)34-37(30)24-11-5-4-6-12-24)19-36(29)31(38)33-27-15-14-21(2)18-26(27)32/h4-18,29H,19H2,1-3H3,(H,33,38)/t29-/m1/s1. The van der Waals surface area contributed by atoms with Gasteiger partial charge in [-0.05, 0) is 68.3 Å². The van der Waals surface area contributed by atoms with Gasteiger partial charge < -0.3 is 14.8 Å². The molecular formula is C31H28ClN5O. The number of nitrogens with one attached hydrogen (secondary N) is 1. The normalized spacial score (nSPS) is 14.5. The number of aromatic nitrogens is 3. The van der Waals surface area contributed by atoms with Crippen LogP contribution in [0.2, 0.25) is 5.02 Å². The molecule has 0 spiro atoms. The highest BCUT2D eigenvalue weighted by Crippen LogP contribution is 2.39. The molecule has 38 heavy (non-hydrogen) atoms. The summed E-state index contributed by atoms with van der Waals surface area (Å²) in [4.78, 5) is 16.0. The minimum absolute atomic E-state index is 0.227. The van der Waals surface area contributed by atoms with Crippen molar-refractivity contribution >= 4 is 23.3 Å². The molecule has 6 rings (SSSR count). The van der Waals surface area contributed by atoms with E-state index < -0.39 is 0 Å². The first-order valence-corrected chi connectivity index (χ1v) is 13.0. The Labute approximate surface area is 227 Å². The SMILES string of the molecule is Cc1cccc([C@@H]2c3cccn3-c3c(c(C)nn3-c3ccccc3)CN2C(=O)Nc2ccc(C)cc2Cl)c1. The topological polar surface area (TPSA) is 55.1 Å². The number of fused-ring (bicyclic) bond motifs is 3. The average Bonchev–Trinajstić information content (AvgIpc) is 3.46. The summed E-state index contributed by atoms with van der Waals surface area (Å²) in [5, 5.41) is 8.50. The molecular weight excluding hydrogens is 494 g/mol. The Kier molecular flexibility index (Phi) is 6.04. The summed E-state index contributed by atoms with van der Waals surface area (Å²) in [5.74, 6) is 0.940. The number of anilines is 1. The first-order valence-electron chi connectivity index (χ1n) is 12.6. The van der Waals surface area contributed by atoms with Gasteiger partial charge in [-0.15, -0.1) is 0 Å². The molecule has 5 aromatic rings. The van der Waals surface area contributed by atoms with E-state index in [0.29, 0.717) is 17.3 Å². The predicted molar refractivity (Wildman–Crippen MR) is 151 cm³/mol. The maximum Gasteiger partial charge on any atom is 0.323 e. The van der Waals surface area contributed by atoms with E-state index in [2.05, 4.69) is 47.3 Å². The fraction of sp³-hybridized carbons (Fsp3) is 0.161. The Morgan fingerprint density at radius 2 is 1.71 bits per heavy atom. The number of para-hydroxylation sites is 1. The molecule has 1 atom stereocenters. The van der Waals surface area contributed by atoms with Gasteiger partial charge >= 0.3 is 6.03 Å². The van der Waals surface area contributed by atoms with Crippen molar-refractivity contribution in [3.05, 3.63) is 130 Å². The van der Waals surface area contributed by atoms with E-state index >= 15 is 0 Å². The molecule has 190 valence electrons. The van der Waals surface area contributed by atoms with Crippen molar-refractivity contribution in [2.45, 2.75) is 33.4 Å². The minimum atomic E-state index is -0.329. The maximum atomic E-state index is 14.1. The third kappa shape index (κ3) is 4.17. The molecule has 0 bridgehead atoms. The number of amides is 2. The Morgan fingerprint density at radius 1 is 0.921 bits per heavy atom. The molecule has 3 aromatic carbocycles. The lowest BCUT2D eigenvalue weighted by Crippen LogP contribution is -2.38. The third-order valence-corrected chi connectivity index (χ3v) is 7.38. The quantitative estimate of drug-likeness (QED) is 0.269. The third-order valence-electron chi connectivity index (χ3n) is 7.07. The lowest BCUT2D eigenvalue weighted by molar-refractivity contribution is 0.194. The summed E-state index contributed by atoms with van der Waals surface area (Å²) in [7, 11) is 0. The second kappa shape index (κ2) is 9.54. The molecule has 3 heterocycles. The molecule has 1 N–H and O–H groups in total. The Morgan fingerprint density at radius 3 is 2.47 bits per heavy atom. The molecule has 7 heteroatoms. The average molecular weight is 522 g/mol. The molecule has 0 saturated carbocycles. The molecule has 2 amide bonds. The van der Waals surface area contributed by atoms with Crippen molar-refractivity contribution < 1.29 is 4.79 Å². The maximum absolute atomic E-state index is 14.1. The van der Waals surface area contributed by atoms with Crippen LogP contribution in [0.1, 0.15) is 39.7 Å². The zero-order valence-corrected chi connectivity index (χ0v) is 22.3. The highest BCUT2D eigenvalue weighted by Gasteiger charge is 2.36. The highest BCUT2D eigenvalue weighted by molar-refractivity contribution is 6.33. The molecule has 1 aliphatic heterocycles. The molecule has 2 aromatic heterocycles. The Bertz CT molecular complexity index is 1650. The van der Waals surface area contributed by atoms with Gasteiger partial charge in [-0.3, -0.25) is 0 Å². The lowest BCUT2D eigenvalue weighted by Gasteiger charge is -2.31. The van der Waals surface area contributed by atoms with Crippen molar-refractivity contribution in [2.75, 3.05) is 5.32 Å². The second-order valence-electron chi connectivity index (χ2n) is 9.80. The van der Waals surface area contributed by atoms with E-state index in [1.165, 1.54) is 0 Å². The minimum Gasteiger partial charge on any atom is -0.307 e. The Balaban J connectivity index is 1.54.